The summed E-state index contributed by atoms with van der Waals surface area (Å²) in [6.07, 6.45) is 1.11. The van der Waals surface area contributed by atoms with Gasteiger partial charge in [0.25, 0.3) is 0 Å². The number of carbonyl (C=O) groups is 1. The molecule has 0 radical (unpaired) electrons. The van der Waals surface area contributed by atoms with Crippen LogP contribution in [0.1, 0.15) is 38.7 Å². The SMILES string of the molecule is CC(C)C(C(=O)NC1CNCCC1C)c1cccc(Cl)c1. The average Bonchev–Trinajstić information content (AvgIpc) is 2.41. The van der Waals surface area contributed by atoms with Crippen LogP contribution in [-0.2, 0) is 4.79 Å². The first-order chi connectivity index (χ1) is 9.99. The molecule has 1 amide bonds. The number of halogens is 1. The van der Waals surface area contributed by atoms with Crippen LogP contribution in [0.15, 0.2) is 24.3 Å². The van der Waals surface area contributed by atoms with Crippen molar-refractivity contribution in [2.24, 2.45) is 11.8 Å². The maximum Gasteiger partial charge on any atom is 0.228 e. The van der Waals surface area contributed by atoms with Crippen molar-refractivity contribution in [3.05, 3.63) is 34.9 Å². The van der Waals surface area contributed by atoms with Gasteiger partial charge in [-0.05, 0) is 42.5 Å². The molecule has 0 aliphatic carbocycles. The minimum Gasteiger partial charge on any atom is -0.351 e. The maximum atomic E-state index is 12.7. The zero-order valence-electron chi connectivity index (χ0n) is 13.0. The number of amides is 1. The second-order valence-electron chi connectivity index (χ2n) is 6.36. The van der Waals surface area contributed by atoms with Gasteiger partial charge in [0.2, 0.25) is 5.91 Å². The third-order valence-corrected chi connectivity index (χ3v) is 4.55. The van der Waals surface area contributed by atoms with Crippen LogP contribution in [0.2, 0.25) is 5.02 Å². The Morgan fingerprint density at radius 2 is 2.19 bits per heavy atom. The molecule has 3 nitrogen and oxygen atoms in total. The Kier molecular flexibility index (Phi) is 5.65. The molecule has 0 bridgehead atoms. The summed E-state index contributed by atoms with van der Waals surface area (Å²) in [5, 5.41) is 7.25. The molecule has 1 fully saturated rings. The van der Waals surface area contributed by atoms with Crippen LogP contribution in [0.5, 0.6) is 0 Å². The van der Waals surface area contributed by atoms with E-state index in [1.165, 1.54) is 0 Å². The van der Waals surface area contributed by atoms with Gasteiger partial charge in [0.1, 0.15) is 0 Å². The minimum atomic E-state index is -0.155. The molecule has 1 aromatic rings. The molecule has 1 heterocycles. The summed E-state index contributed by atoms with van der Waals surface area (Å²) in [7, 11) is 0. The second kappa shape index (κ2) is 7.28. The van der Waals surface area contributed by atoms with Gasteiger partial charge < -0.3 is 10.6 Å². The molecule has 1 aliphatic rings. The monoisotopic (exact) mass is 308 g/mol. The molecule has 0 spiro atoms. The number of nitrogens with one attached hydrogen (secondary N) is 2. The third kappa shape index (κ3) is 4.21. The Morgan fingerprint density at radius 3 is 2.81 bits per heavy atom. The van der Waals surface area contributed by atoms with E-state index < -0.39 is 0 Å². The zero-order valence-corrected chi connectivity index (χ0v) is 13.8. The van der Waals surface area contributed by atoms with Crippen LogP contribution in [-0.4, -0.2) is 25.0 Å². The van der Waals surface area contributed by atoms with Crippen LogP contribution in [0.25, 0.3) is 0 Å². The second-order valence-corrected chi connectivity index (χ2v) is 6.80. The van der Waals surface area contributed by atoms with Crippen molar-refractivity contribution in [2.45, 2.75) is 39.2 Å². The standard InChI is InChI=1S/C17H25ClN2O/c1-11(2)16(13-5-4-6-14(18)9-13)17(21)20-15-10-19-8-7-12(15)3/h4-6,9,11-12,15-16,19H,7-8,10H2,1-3H3,(H,20,21). The van der Waals surface area contributed by atoms with E-state index in [1.807, 2.05) is 24.3 Å². The minimum absolute atomic E-state index is 0.104. The Morgan fingerprint density at radius 1 is 1.43 bits per heavy atom. The first-order valence-corrected chi connectivity index (χ1v) is 8.13. The van der Waals surface area contributed by atoms with Gasteiger partial charge in [0.15, 0.2) is 0 Å². The van der Waals surface area contributed by atoms with Crippen LogP contribution >= 0.6 is 11.6 Å². The molecule has 1 aliphatic heterocycles. The molecule has 1 saturated heterocycles. The predicted octanol–water partition coefficient (Wildman–Crippen LogP) is 3.19. The van der Waals surface area contributed by atoms with Crippen molar-refractivity contribution < 1.29 is 4.79 Å². The molecule has 3 unspecified atom stereocenters. The molecule has 0 aromatic heterocycles. The Labute approximate surface area is 132 Å². The zero-order chi connectivity index (χ0) is 15.4. The molecule has 0 saturated carbocycles. The lowest BCUT2D eigenvalue weighted by Crippen LogP contribution is -2.51. The Bertz CT molecular complexity index is 489. The van der Waals surface area contributed by atoms with Crippen molar-refractivity contribution in [3.8, 4) is 0 Å². The Balaban J connectivity index is 2.12. The topological polar surface area (TPSA) is 41.1 Å². The van der Waals surface area contributed by atoms with Crippen LogP contribution < -0.4 is 10.6 Å². The summed E-state index contributed by atoms with van der Waals surface area (Å²) in [6.45, 7) is 8.25. The summed E-state index contributed by atoms with van der Waals surface area (Å²) in [6, 6.07) is 7.85. The van der Waals surface area contributed by atoms with Crippen molar-refractivity contribution in [1.82, 2.24) is 10.6 Å². The van der Waals surface area contributed by atoms with Gasteiger partial charge in [-0.25, -0.2) is 0 Å². The van der Waals surface area contributed by atoms with Crippen molar-refractivity contribution in [3.63, 3.8) is 0 Å². The number of benzene rings is 1. The van der Waals surface area contributed by atoms with Crippen LogP contribution in [0.4, 0.5) is 0 Å². The summed E-state index contributed by atoms with van der Waals surface area (Å²) in [5.74, 6) is 0.698. The fourth-order valence-electron chi connectivity index (χ4n) is 2.99. The highest BCUT2D eigenvalue weighted by Gasteiger charge is 2.29. The first-order valence-electron chi connectivity index (χ1n) is 7.75. The van der Waals surface area contributed by atoms with E-state index in [9.17, 15) is 4.79 Å². The van der Waals surface area contributed by atoms with Crippen molar-refractivity contribution in [2.75, 3.05) is 13.1 Å². The van der Waals surface area contributed by atoms with Gasteiger partial charge in [-0.15, -0.1) is 0 Å². The normalized spacial score (nSPS) is 23.9. The lowest BCUT2D eigenvalue weighted by Gasteiger charge is -2.32. The van der Waals surface area contributed by atoms with Crippen molar-refractivity contribution in [1.29, 1.82) is 0 Å². The smallest absolute Gasteiger partial charge is 0.228 e. The highest BCUT2D eigenvalue weighted by Crippen LogP contribution is 2.27. The maximum absolute atomic E-state index is 12.7. The highest BCUT2D eigenvalue weighted by molar-refractivity contribution is 6.30. The van der Waals surface area contributed by atoms with E-state index in [0.29, 0.717) is 10.9 Å². The van der Waals surface area contributed by atoms with E-state index in [4.69, 9.17) is 11.6 Å². The lowest BCUT2D eigenvalue weighted by atomic mass is 9.86. The van der Waals surface area contributed by atoms with E-state index in [0.717, 1.165) is 25.1 Å². The van der Waals surface area contributed by atoms with Crippen LogP contribution in [0.3, 0.4) is 0 Å². The molecule has 1 aromatic carbocycles. The van der Waals surface area contributed by atoms with Crippen LogP contribution in [0, 0.1) is 11.8 Å². The Hall–Kier alpha value is -1.06. The third-order valence-electron chi connectivity index (χ3n) is 4.31. The summed E-state index contributed by atoms with van der Waals surface area (Å²) < 4.78 is 0. The first kappa shape index (κ1) is 16.3. The van der Waals surface area contributed by atoms with Gasteiger partial charge in [0, 0.05) is 17.6 Å². The average molecular weight is 309 g/mol. The van der Waals surface area contributed by atoms with E-state index in [1.54, 1.807) is 0 Å². The van der Waals surface area contributed by atoms with Gasteiger partial charge in [-0.3, -0.25) is 4.79 Å². The highest BCUT2D eigenvalue weighted by atomic mass is 35.5. The molecule has 21 heavy (non-hydrogen) atoms. The number of carbonyl (C=O) groups excluding carboxylic acids is 1. The summed E-state index contributed by atoms with van der Waals surface area (Å²) in [4.78, 5) is 12.7. The fraction of sp³-hybridized carbons (Fsp3) is 0.588. The van der Waals surface area contributed by atoms with Gasteiger partial charge in [-0.2, -0.15) is 0 Å². The largest absolute Gasteiger partial charge is 0.351 e. The lowest BCUT2D eigenvalue weighted by molar-refractivity contribution is -0.124. The number of piperidine rings is 1. The van der Waals surface area contributed by atoms with Crippen molar-refractivity contribution >= 4 is 17.5 Å². The summed E-state index contributed by atoms with van der Waals surface area (Å²) >= 11 is 6.07. The molecule has 116 valence electrons. The summed E-state index contributed by atoms with van der Waals surface area (Å²) in [5.41, 5.74) is 0.992. The number of hydrogen-bond acceptors (Lipinski definition) is 2. The molecule has 2 N–H and O–H groups in total. The molecule has 4 heteroatoms. The molecular weight excluding hydrogens is 284 g/mol. The van der Waals surface area contributed by atoms with E-state index >= 15 is 0 Å². The molecular formula is C17H25ClN2O. The molecule has 2 rings (SSSR count). The van der Waals surface area contributed by atoms with Gasteiger partial charge in [-0.1, -0.05) is 44.5 Å². The number of rotatable bonds is 4. The predicted molar refractivity (Wildman–Crippen MR) is 87.6 cm³/mol. The van der Waals surface area contributed by atoms with E-state index in [2.05, 4.69) is 31.4 Å². The van der Waals surface area contributed by atoms with Gasteiger partial charge in [0.05, 0.1) is 5.92 Å². The van der Waals surface area contributed by atoms with E-state index in [-0.39, 0.29) is 23.8 Å². The molecule has 3 atom stereocenters. The van der Waals surface area contributed by atoms with Gasteiger partial charge >= 0.3 is 0 Å². The number of hydrogen-bond donors (Lipinski definition) is 2. The fourth-order valence-corrected chi connectivity index (χ4v) is 3.19. The quantitative estimate of drug-likeness (QED) is 0.897.